The average molecular weight is 584 g/mol. The number of carbonyl (C=O) groups excluding carboxylic acids is 3. The largest absolute Gasteiger partial charge is 0.509 e. The van der Waals surface area contributed by atoms with Crippen LogP contribution in [0.4, 0.5) is 0 Å². The van der Waals surface area contributed by atoms with Gasteiger partial charge in [0.15, 0.2) is 17.0 Å². The molecule has 220 valence electrons. The van der Waals surface area contributed by atoms with Gasteiger partial charge >= 0.3 is 0 Å². The third-order valence-electron chi connectivity index (χ3n) is 8.57. The number of ketones is 2. The molecule has 1 fully saturated rings. The molecule has 0 radical (unpaired) electrons. The summed E-state index contributed by atoms with van der Waals surface area (Å²) in [5, 5.41) is 44.1. The fourth-order valence-corrected chi connectivity index (χ4v) is 6.76. The van der Waals surface area contributed by atoms with Gasteiger partial charge in [-0.1, -0.05) is 11.8 Å². The van der Waals surface area contributed by atoms with E-state index in [-0.39, 0.29) is 17.7 Å². The molecule has 2 aromatic rings. The molecule has 0 spiro atoms. The SMILES string of the molecule is COc1ccc(C#Cc2ccc(O)c3c2C[C@@]2(N)C[C@@]4(N)[C@H](N(C)C)C(=O)C(C(N)=O)=C(O)[C@@]4(C#N)C(=O)C2=C3O)cc1. The van der Waals surface area contributed by atoms with Crippen LogP contribution in [0.2, 0.25) is 0 Å². The average Bonchev–Trinajstić information content (AvgIpc) is 2.91. The van der Waals surface area contributed by atoms with Crippen LogP contribution in [0.3, 0.4) is 0 Å². The number of ether oxygens (including phenoxy) is 1. The van der Waals surface area contributed by atoms with Crippen LogP contribution < -0.4 is 21.9 Å². The fraction of sp³-hybridized carbons (Fsp3) is 0.290. The van der Waals surface area contributed by atoms with E-state index in [1.807, 2.05) is 0 Å². The summed E-state index contributed by atoms with van der Waals surface area (Å²) in [6, 6.07) is 10.1. The minimum Gasteiger partial charge on any atom is -0.509 e. The number of nitrogens with zero attached hydrogens (tertiary/aromatic N) is 2. The zero-order valence-electron chi connectivity index (χ0n) is 23.6. The van der Waals surface area contributed by atoms with Gasteiger partial charge in [-0.2, -0.15) is 5.26 Å². The van der Waals surface area contributed by atoms with E-state index in [2.05, 4.69) is 11.8 Å². The maximum Gasteiger partial charge on any atom is 0.255 e. The van der Waals surface area contributed by atoms with E-state index in [1.54, 1.807) is 37.4 Å². The van der Waals surface area contributed by atoms with Crippen LogP contribution in [0.5, 0.6) is 11.5 Å². The number of aliphatic hydroxyl groups is 2. The number of phenols is 1. The number of nitriles is 1. The number of methoxy groups -OCH3 is 1. The summed E-state index contributed by atoms with van der Waals surface area (Å²) < 4.78 is 5.17. The van der Waals surface area contributed by atoms with Crippen molar-refractivity contribution in [3.8, 4) is 29.4 Å². The first-order valence-electron chi connectivity index (χ1n) is 13.1. The number of likely N-dealkylation sites (N-methyl/N-ethyl adjacent to an activating group) is 1. The highest BCUT2D eigenvalue weighted by atomic mass is 16.5. The monoisotopic (exact) mass is 583 g/mol. The van der Waals surface area contributed by atoms with E-state index >= 15 is 0 Å². The molecule has 4 atom stereocenters. The summed E-state index contributed by atoms with van der Waals surface area (Å²) >= 11 is 0. The Morgan fingerprint density at radius 3 is 2.28 bits per heavy atom. The van der Waals surface area contributed by atoms with Crippen LogP contribution in [-0.4, -0.2) is 76.0 Å². The highest BCUT2D eigenvalue weighted by Gasteiger charge is 2.74. The fourth-order valence-electron chi connectivity index (χ4n) is 6.76. The van der Waals surface area contributed by atoms with Gasteiger partial charge < -0.3 is 37.3 Å². The van der Waals surface area contributed by atoms with Gasteiger partial charge in [0.25, 0.3) is 5.91 Å². The molecule has 0 aliphatic heterocycles. The predicted octanol–water partition coefficient (Wildman–Crippen LogP) is 0.314. The first kappa shape index (κ1) is 29.4. The highest BCUT2D eigenvalue weighted by Crippen LogP contribution is 2.58. The molecule has 0 unspecified atom stereocenters. The van der Waals surface area contributed by atoms with Gasteiger partial charge in [-0.25, -0.2) is 0 Å². The van der Waals surface area contributed by atoms with E-state index in [0.29, 0.717) is 22.4 Å². The molecule has 1 amide bonds. The van der Waals surface area contributed by atoms with E-state index in [0.717, 1.165) is 0 Å². The van der Waals surface area contributed by atoms with Crippen molar-refractivity contribution >= 4 is 23.2 Å². The van der Waals surface area contributed by atoms with Crippen molar-refractivity contribution in [2.24, 2.45) is 22.6 Å². The molecule has 5 rings (SSSR count). The molecule has 43 heavy (non-hydrogen) atoms. The molecule has 0 heterocycles. The lowest BCUT2D eigenvalue weighted by atomic mass is 9.47. The van der Waals surface area contributed by atoms with Crippen LogP contribution in [0.15, 0.2) is 53.3 Å². The number of fused-ring (bicyclic) bond motifs is 3. The molecule has 0 aromatic heterocycles. The Hall–Kier alpha value is -5.14. The number of aromatic hydroxyl groups is 1. The van der Waals surface area contributed by atoms with Gasteiger partial charge in [0.2, 0.25) is 0 Å². The van der Waals surface area contributed by atoms with Gasteiger partial charge in [-0.15, -0.1) is 0 Å². The number of aliphatic hydroxyl groups excluding tert-OH is 2. The van der Waals surface area contributed by atoms with Crippen molar-refractivity contribution in [2.75, 3.05) is 21.2 Å². The number of carbonyl (C=O) groups is 3. The van der Waals surface area contributed by atoms with E-state index in [9.17, 15) is 35.0 Å². The van der Waals surface area contributed by atoms with Gasteiger partial charge in [0, 0.05) is 11.1 Å². The predicted molar refractivity (Wildman–Crippen MR) is 153 cm³/mol. The molecule has 2 aromatic carbocycles. The van der Waals surface area contributed by atoms with Crippen molar-refractivity contribution in [1.29, 1.82) is 5.26 Å². The maximum atomic E-state index is 14.4. The van der Waals surface area contributed by atoms with Crippen molar-refractivity contribution in [3.63, 3.8) is 0 Å². The maximum absolute atomic E-state index is 14.4. The van der Waals surface area contributed by atoms with Crippen molar-refractivity contribution in [1.82, 2.24) is 4.90 Å². The number of rotatable bonds is 3. The van der Waals surface area contributed by atoms with Crippen molar-refractivity contribution in [3.05, 3.63) is 75.6 Å². The number of benzene rings is 2. The lowest BCUT2D eigenvalue weighted by Gasteiger charge is -2.58. The first-order valence-corrected chi connectivity index (χ1v) is 13.1. The third-order valence-corrected chi connectivity index (χ3v) is 8.57. The Balaban J connectivity index is 1.77. The lowest BCUT2D eigenvalue weighted by molar-refractivity contribution is -0.139. The minimum absolute atomic E-state index is 0.127. The number of hydrogen-bond donors (Lipinski definition) is 6. The summed E-state index contributed by atoms with van der Waals surface area (Å²) in [6.45, 7) is 0. The summed E-state index contributed by atoms with van der Waals surface area (Å²) in [7, 11) is 4.45. The molecule has 12 nitrogen and oxygen atoms in total. The molecule has 3 aliphatic carbocycles. The molecular formula is C31H29N5O7. The number of Topliss-reactive ketones (excluding diaryl/α,β-unsaturated/α-hetero) is 2. The Morgan fingerprint density at radius 1 is 1.07 bits per heavy atom. The van der Waals surface area contributed by atoms with Crippen LogP contribution in [0.25, 0.3) is 5.76 Å². The molecule has 0 bridgehead atoms. The molecule has 0 saturated heterocycles. The van der Waals surface area contributed by atoms with E-state index in [1.165, 1.54) is 31.1 Å². The number of phenolic OH excluding ortho intramolecular Hbond substituents is 1. The zero-order valence-corrected chi connectivity index (χ0v) is 23.6. The summed E-state index contributed by atoms with van der Waals surface area (Å²) in [4.78, 5) is 41.5. The quantitative estimate of drug-likeness (QED) is 0.213. The molecule has 1 saturated carbocycles. The van der Waals surface area contributed by atoms with E-state index < -0.39 is 69.1 Å². The summed E-state index contributed by atoms with van der Waals surface area (Å²) in [6.07, 6.45) is -0.653. The van der Waals surface area contributed by atoms with Gasteiger partial charge in [0.1, 0.15) is 28.6 Å². The summed E-state index contributed by atoms with van der Waals surface area (Å²) in [5.74, 6) is 0.822. The van der Waals surface area contributed by atoms with Gasteiger partial charge in [0.05, 0.1) is 41.4 Å². The Bertz CT molecular complexity index is 1790. The number of amides is 1. The third kappa shape index (κ3) is 3.85. The minimum atomic E-state index is -2.72. The lowest BCUT2D eigenvalue weighted by Crippen LogP contribution is -2.80. The number of primary amides is 1. The van der Waals surface area contributed by atoms with Crippen LogP contribution in [0.1, 0.15) is 28.7 Å². The Labute approximate surface area is 246 Å². The van der Waals surface area contributed by atoms with Gasteiger partial charge in [-0.3, -0.25) is 19.3 Å². The molecule has 9 N–H and O–H groups in total. The standard InChI is InChI=1S/C31H29N5O7/c1-36(2)25-24(39)21(28(33)42)26(40)30(14-32)27(41)22-23(38)20-18(12-29(22,34)13-31(25,30)35)16(8-11-19(20)37)7-4-15-5-9-17(43-3)10-6-15/h5-6,8-11,25,37-38,40H,12-13,34-35H2,1-3H3,(H2,33,42)/t25-,29-,30+,31-/m1/s1. The molecular weight excluding hydrogens is 554 g/mol. The Morgan fingerprint density at radius 2 is 1.72 bits per heavy atom. The van der Waals surface area contributed by atoms with Crippen molar-refractivity contribution < 1.29 is 34.4 Å². The van der Waals surface area contributed by atoms with Crippen LogP contribution in [-0.2, 0) is 20.8 Å². The smallest absolute Gasteiger partial charge is 0.255 e. The summed E-state index contributed by atoms with van der Waals surface area (Å²) in [5.41, 5.74) is 12.3. The van der Waals surface area contributed by atoms with Gasteiger partial charge in [-0.05, 0) is 68.9 Å². The zero-order chi connectivity index (χ0) is 31.6. The topological polar surface area (TPSA) is 226 Å². The first-order chi connectivity index (χ1) is 20.2. The van der Waals surface area contributed by atoms with Crippen LogP contribution in [0, 0.1) is 28.6 Å². The number of nitrogens with two attached hydrogens (primary N) is 3. The second kappa shape index (κ2) is 9.71. The van der Waals surface area contributed by atoms with E-state index in [4.69, 9.17) is 21.9 Å². The normalized spacial score (nSPS) is 27.9. The highest BCUT2D eigenvalue weighted by molar-refractivity contribution is 6.25. The Kier molecular flexibility index (Phi) is 6.63. The second-order valence-corrected chi connectivity index (χ2v) is 11.2. The second-order valence-electron chi connectivity index (χ2n) is 11.2. The number of hydrogen-bond acceptors (Lipinski definition) is 11. The van der Waals surface area contributed by atoms with Crippen LogP contribution >= 0.6 is 0 Å². The molecule has 12 heteroatoms. The van der Waals surface area contributed by atoms with Crippen molar-refractivity contribution in [2.45, 2.75) is 30.0 Å². The molecule has 3 aliphatic rings.